The van der Waals surface area contributed by atoms with Crippen molar-refractivity contribution in [3.63, 3.8) is 0 Å². The molecule has 3 aromatic rings. The maximum absolute atomic E-state index is 5.74. The molecule has 0 aromatic carbocycles. The number of aryl methyl sites for hydroxylation is 2. The van der Waals surface area contributed by atoms with E-state index in [-0.39, 0.29) is 0 Å². The van der Waals surface area contributed by atoms with Crippen LogP contribution in [0.3, 0.4) is 0 Å². The van der Waals surface area contributed by atoms with Crippen LogP contribution in [0.15, 0.2) is 28.9 Å². The number of thiazole rings is 1. The number of fused-ring (bicyclic) bond motifs is 1. The van der Waals surface area contributed by atoms with Crippen molar-refractivity contribution in [3.8, 4) is 11.5 Å². The van der Waals surface area contributed by atoms with Gasteiger partial charge in [0.1, 0.15) is 5.01 Å². The third-order valence-electron chi connectivity index (χ3n) is 4.08. The van der Waals surface area contributed by atoms with Crippen LogP contribution >= 0.6 is 11.3 Å². The van der Waals surface area contributed by atoms with E-state index in [4.69, 9.17) is 9.40 Å². The van der Waals surface area contributed by atoms with Gasteiger partial charge in [0.25, 0.3) is 0 Å². The molecule has 7 heteroatoms. The van der Waals surface area contributed by atoms with E-state index in [1.165, 1.54) is 34.8 Å². The van der Waals surface area contributed by atoms with Crippen molar-refractivity contribution in [1.82, 2.24) is 25.1 Å². The lowest BCUT2D eigenvalue weighted by atomic mass is 10.0. The monoisotopic (exact) mass is 341 g/mol. The van der Waals surface area contributed by atoms with E-state index in [9.17, 15) is 0 Å². The molecule has 0 unspecified atom stereocenters. The van der Waals surface area contributed by atoms with E-state index < -0.39 is 0 Å². The predicted octanol–water partition coefficient (Wildman–Crippen LogP) is 3.10. The maximum Gasteiger partial charge on any atom is 0.249 e. The molecule has 1 aliphatic rings. The van der Waals surface area contributed by atoms with Crippen LogP contribution in [0.5, 0.6) is 0 Å². The van der Waals surface area contributed by atoms with Crippen LogP contribution in [0.25, 0.3) is 11.5 Å². The molecule has 0 saturated heterocycles. The van der Waals surface area contributed by atoms with Gasteiger partial charge in [0, 0.05) is 17.3 Å². The summed E-state index contributed by atoms with van der Waals surface area (Å²) >= 11 is 1.85. The Hall–Kier alpha value is -2.12. The fourth-order valence-corrected chi connectivity index (χ4v) is 4.15. The molecule has 0 amide bonds. The van der Waals surface area contributed by atoms with Gasteiger partial charge >= 0.3 is 0 Å². The molecule has 3 aromatic heterocycles. The third-order valence-corrected chi connectivity index (χ3v) is 5.22. The van der Waals surface area contributed by atoms with Gasteiger partial charge in [-0.25, -0.2) is 4.98 Å². The first kappa shape index (κ1) is 15.4. The lowest BCUT2D eigenvalue weighted by molar-refractivity contribution is 0.282. The Morgan fingerprint density at radius 3 is 2.96 bits per heavy atom. The second-order valence-electron chi connectivity index (χ2n) is 6.10. The topological polar surface area (TPSA) is 67.9 Å². The summed E-state index contributed by atoms with van der Waals surface area (Å²) in [4.78, 5) is 12.5. The van der Waals surface area contributed by atoms with Gasteiger partial charge in [-0.2, -0.15) is 0 Å². The van der Waals surface area contributed by atoms with Crippen molar-refractivity contribution in [2.45, 2.75) is 38.8 Å². The number of aromatic nitrogens is 4. The Balaban J connectivity index is 1.40. The van der Waals surface area contributed by atoms with Gasteiger partial charge < -0.3 is 4.42 Å². The average Bonchev–Trinajstić information content (AvgIpc) is 3.21. The number of hydrogen-bond donors (Lipinski definition) is 0. The maximum atomic E-state index is 5.74. The molecular weight excluding hydrogens is 322 g/mol. The first-order valence-electron chi connectivity index (χ1n) is 8.17. The van der Waals surface area contributed by atoms with E-state index in [1.807, 2.05) is 30.5 Å². The summed E-state index contributed by atoms with van der Waals surface area (Å²) in [6.45, 7) is 1.42. The van der Waals surface area contributed by atoms with Crippen LogP contribution in [0.2, 0.25) is 0 Å². The zero-order valence-corrected chi connectivity index (χ0v) is 14.4. The molecule has 0 radical (unpaired) electrons. The fraction of sp³-hybridized carbons (Fsp3) is 0.412. The van der Waals surface area contributed by atoms with Crippen molar-refractivity contribution in [2.24, 2.45) is 0 Å². The minimum absolute atomic E-state index is 0.510. The van der Waals surface area contributed by atoms with Crippen molar-refractivity contribution in [1.29, 1.82) is 0 Å². The average molecular weight is 341 g/mol. The van der Waals surface area contributed by atoms with Gasteiger partial charge in [-0.15, -0.1) is 21.5 Å². The Labute approximate surface area is 144 Å². The van der Waals surface area contributed by atoms with Gasteiger partial charge in [0.2, 0.25) is 11.8 Å². The molecule has 0 saturated carbocycles. The van der Waals surface area contributed by atoms with Crippen LogP contribution < -0.4 is 0 Å². The van der Waals surface area contributed by atoms with Gasteiger partial charge in [0.05, 0.1) is 24.3 Å². The summed E-state index contributed by atoms with van der Waals surface area (Å²) in [5.74, 6) is 1.12. The number of hydrogen-bond acceptors (Lipinski definition) is 7. The van der Waals surface area contributed by atoms with Crippen LogP contribution in [0, 0.1) is 0 Å². The van der Waals surface area contributed by atoms with Crippen LogP contribution in [0.1, 0.15) is 34.3 Å². The summed E-state index contributed by atoms with van der Waals surface area (Å²) < 4.78 is 5.74. The quantitative estimate of drug-likeness (QED) is 0.710. The second-order valence-corrected chi connectivity index (χ2v) is 7.27. The summed E-state index contributed by atoms with van der Waals surface area (Å²) in [6, 6.07) is 3.77. The SMILES string of the molecule is CN(Cc1nnc(-c2cccnc2)o1)Cc1nc2c(s1)CCCC2. The highest BCUT2D eigenvalue weighted by atomic mass is 32.1. The van der Waals surface area contributed by atoms with E-state index in [0.717, 1.165) is 18.5 Å². The van der Waals surface area contributed by atoms with Gasteiger partial charge in [-0.3, -0.25) is 9.88 Å². The van der Waals surface area contributed by atoms with Crippen molar-refractivity contribution >= 4 is 11.3 Å². The summed E-state index contributed by atoms with van der Waals surface area (Å²) in [6.07, 6.45) is 8.33. The van der Waals surface area contributed by atoms with Gasteiger partial charge in [-0.1, -0.05) is 0 Å². The number of nitrogens with zero attached hydrogens (tertiary/aromatic N) is 5. The normalized spacial score (nSPS) is 14.1. The van der Waals surface area contributed by atoms with Crippen molar-refractivity contribution in [2.75, 3.05) is 7.05 Å². The smallest absolute Gasteiger partial charge is 0.249 e. The first-order valence-corrected chi connectivity index (χ1v) is 8.98. The fourth-order valence-electron chi connectivity index (χ4n) is 2.91. The lowest BCUT2D eigenvalue weighted by Crippen LogP contribution is -2.17. The Morgan fingerprint density at radius 1 is 1.21 bits per heavy atom. The third kappa shape index (κ3) is 3.37. The molecule has 24 heavy (non-hydrogen) atoms. The number of pyridine rings is 1. The van der Waals surface area contributed by atoms with E-state index in [1.54, 1.807) is 12.4 Å². The minimum Gasteiger partial charge on any atom is -0.419 e. The predicted molar refractivity (Wildman–Crippen MR) is 91.5 cm³/mol. The Kier molecular flexibility index (Phi) is 4.36. The van der Waals surface area contributed by atoms with E-state index >= 15 is 0 Å². The van der Waals surface area contributed by atoms with Crippen LogP contribution in [-0.2, 0) is 25.9 Å². The molecule has 4 rings (SSSR count). The molecule has 0 spiro atoms. The zero-order chi connectivity index (χ0) is 16.4. The lowest BCUT2D eigenvalue weighted by Gasteiger charge is -2.11. The van der Waals surface area contributed by atoms with Gasteiger partial charge in [0.15, 0.2) is 0 Å². The molecule has 3 heterocycles. The molecule has 0 atom stereocenters. The Morgan fingerprint density at radius 2 is 2.12 bits per heavy atom. The summed E-state index contributed by atoms with van der Waals surface area (Å²) in [5.41, 5.74) is 2.15. The molecule has 0 aliphatic heterocycles. The molecule has 124 valence electrons. The highest BCUT2D eigenvalue weighted by Crippen LogP contribution is 2.27. The Bertz CT molecular complexity index is 790. The largest absolute Gasteiger partial charge is 0.419 e. The molecule has 1 aliphatic carbocycles. The van der Waals surface area contributed by atoms with Gasteiger partial charge in [-0.05, 0) is 44.9 Å². The van der Waals surface area contributed by atoms with E-state index in [2.05, 4.69) is 20.1 Å². The second kappa shape index (κ2) is 6.78. The van der Waals surface area contributed by atoms with Crippen molar-refractivity contribution < 1.29 is 4.42 Å². The minimum atomic E-state index is 0.510. The summed E-state index contributed by atoms with van der Waals surface area (Å²) in [7, 11) is 2.05. The summed E-state index contributed by atoms with van der Waals surface area (Å²) in [5, 5.41) is 9.42. The first-order chi connectivity index (χ1) is 11.8. The number of rotatable bonds is 5. The molecule has 6 nitrogen and oxygen atoms in total. The van der Waals surface area contributed by atoms with Crippen molar-refractivity contribution in [3.05, 3.63) is 46.0 Å². The highest BCUT2D eigenvalue weighted by Gasteiger charge is 2.17. The molecular formula is C17H19N5OS. The standard InChI is InChI=1S/C17H19N5OS/c1-22(11-16-19-13-6-2-3-7-14(13)24-16)10-15-20-21-17(23-15)12-5-4-8-18-9-12/h4-5,8-9H,2-3,6-7,10-11H2,1H3. The zero-order valence-electron chi connectivity index (χ0n) is 13.6. The van der Waals surface area contributed by atoms with Crippen LogP contribution in [0.4, 0.5) is 0 Å². The van der Waals surface area contributed by atoms with E-state index in [0.29, 0.717) is 18.3 Å². The molecule has 0 bridgehead atoms. The highest BCUT2D eigenvalue weighted by molar-refractivity contribution is 7.11. The van der Waals surface area contributed by atoms with Crippen LogP contribution in [-0.4, -0.2) is 32.1 Å². The molecule has 0 fully saturated rings. The molecule has 0 N–H and O–H groups in total.